The molecule has 0 radical (unpaired) electrons. The average Bonchev–Trinajstić information content (AvgIpc) is 3.48. The molecular weight excluding hydrogens is 473 g/mol. The molecule has 8 heteroatoms. The van der Waals surface area contributed by atoms with Crippen LogP contribution < -0.4 is 4.74 Å². The van der Waals surface area contributed by atoms with Crippen LogP contribution in [0.4, 0.5) is 4.39 Å². The second-order valence-corrected chi connectivity index (χ2v) is 10.0. The zero-order valence-electron chi connectivity index (χ0n) is 21.7. The highest BCUT2D eigenvalue weighted by atomic mass is 19.1. The Balaban J connectivity index is 1.67. The van der Waals surface area contributed by atoms with Gasteiger partial charge in [-0.05, 0) is 57.2 Å². The number of aryl methyl sites for hydroxylation is 1. The van der Waals surface area contributed by atoms with E-state index in [1.807, 2.05) is 70.3 Å². The van der Waals surface area contributed by atoms with Crippen molar-refractivity contribution in [2.75, 3.05) is 13.2 Å². The highest BCUT2D eigenvalue weighted by Gasteiger charge is 2.25. The fourth-order valence-corrected chi connectivity index (χ4v) is 3.99. The molecule has 0 unspecified atom stereocenters. The van der Waals surface area contributed by atoms with E-state index in [4.69, 9.17) is 19.0 Å². The molecular formula is C29H34FN3O4. The summed E-state index contributed by atoms with van der Waals surface area (Å²) in [6.45, 7) is 7.32. The van der Waals surface area contributed by atoms with Gasteiger partial charge < -0.3 is 19.0 Å². The van der Waals surface area contributed by atoms with E-state index in [-0.39, 0.29) is 18.0 Å². The van der Waals surface area contributed by atoms with Crippen molar-refractivity contribution < 1.29 is 23.4 Å². The lowest BCUT2D eigenvalue weighted by atomic mass is 10.1. The number of ether oxygens (including phenoxy) is 2. The lowest BCUT2D eigenvalue weighted by molar-refractivity contribution is -0.0576. The zero-order valence-corrected chi connectivity index (χ0v) is 21.7. The van der Waals surface area contributed by atoms with Crippen molar-refractivity contribution in [2.45, 2.75) is 45.6 Å². The summed E-state index contributed by atoms with van der Waals surface area (Å²) in [4.78, 5) is 2.08. The molecule has 196 valence electrons. The number of hydrogen-bond acceptors (Lipinski definition) is 6. The molecule has 0 saturated carbocycles. The Hall–Kier alpha value is -3.46. The van der Waals surface area contributed by atoms with Crippen molar-refractivity contribution in [1.29, 1.82) is 0 Å². The Labute approximate surface area is 217 Å². The van der Waals surface area contributed by atoms with E-state index in [0.29, 0.717) is 31.3 Å². The third-order valence-corrected chi connectivity index (χ3v) is 5.68. The average molecular weight is 508 g/mol. The molecule has 0 aliphatic carbocycles. The maximum Gasteiger partial charge on any atom is 0.222 e. The van der Waals surface area contributed by atoms with Crippen molar-refractivity contribution in [2.24, 2.45) is 7.05 Å². The van der Waals surface area contributed by atoms with Gasteiger partial charge in [0, 0.05) is 25.7 Å². The number of nitrogens with zero attached hydrogens (tertiary/aromatic N) is 3. The molecule has 4 rings (SSSR count). The highest BCUT2D eigenvalue weighted by molar-refractivity contribution is 5.65. The minimum absolute atomic E-state index is 0.204. The number of halogens is 1. The Morgan fingerprint density at radius 3 is 2.41 bits per heavy atom. The summed E-state index contributed by atoms with van der Waals surface area (Å²) in [6, 6.07) is 19.5. The van der Waals surface area contributed by atoms with Gasteiger partial charge in [-0.2, -0.15) is 5.10 Å². The molecule has 0 saturated heterocycles. The van der Waals surface area contributed by atoms with Crippen LogP contribution in [-0.4, -0.2) is 44.6 Å². The van der Waals surface area contributed by atoms with Gasteiger partial charge in [-0.3, -0.25) is 4.90 Å². The summed E-state index contributed by atoms with van der Waals surface area (Å²) < 4.78 is 32.8. The van der Waals surface area contributed by atoms with Crippen LogP contribution in [0.5, 0.6) is 11.6 Å². The molecule has 0 amide bonds. The molecule has 0 fully saturated rings. The number of aliphatic hydroxyl groups excluding tert-OH is 1. The van der Waals surface area contributed by atoms with Crippen molar-refractivity contribution >= 4 is 0 Å². The number of aromatic nitrogens is 2. The van der Waals surface area contributed by atoms with Crippen LogP contribution in [0.2, 0.25) is 0 Å². The van der Waals surface area contributed by atoms with Crippen molar-refractivity contribution in [1.82, 2.24) is 14.7 Å². The Morgan fingerprint density at radius 2 is 1.76 bits per heavy atom. The van der Waals surface area contributed by atoms with Gasteiger partial charge in [-0.15, -0.1) is 0 Å². The topological polar surface area (TPSA) is 72.9 Å². The maximum absolute atomic E-state index is 13.5. The summed E-state index contributed by atoms with van der Waals surface area (Å²) >= 11 is 0. The lowest BCUT2D eigenvalue weighted by Gasteiger charge is -2.27. The Kier molecular flexibility index (Phi) is 8.43. The molecule has 0 aliphatic rings. The summed E-state index contributed by atoms with van der Waals surface area (Å²) in [5.74, 6) is 1.48. The van der Waals surface area contributed by atoms with Crippen LogP contribution in [0.15, 0.2) is 77.4 Å². The number of furan rings is 1. The fraction of sp³-hybridized carbons (Fsp3) is 0.345. The van der Waals surface area contributed by atoms with Crippen LogP contribution in [0.1, 0.15) is 32.1 Å². The minimum Gasteiger partial charge on any atom is -0.468 e. The molecule has 1 N–H and O–H groups in total. The van der Waals surface area contributed by atoms with E-state index in [0.717, 1.165) is 22.6 Å². The first kappa shape index (κ1) is 26.6. The van der Waals surface area contributed by atoms with Gasteiger partial charge in [0.2, 0.25) is 5.88 Å². The first-order valence-electron chi connectivity index (χ1n) is 12.3. The van der Waals surface area contributed by atoms with E-state index in [2.05, 4.69) is 4.90 Å². The number of rotatable bonds is 11. The van der Waals surface area contributed by atoms with Crippen LogP contribution >= 0.6 is 0 Å². The zero-order chi connectivity index (χ0) is 26.4. The van der Waals surface area contributed by atoms with Crippen molar-refractivity contribution in [3.05, 3.63) is 90.1 Å². The molecule has 2 aromatic heterocycles. The molecule has 2 heterocycles. The van der Waals surface area contributed by atoms with E-state index in [1.54, 1.807) is 23.1 Å². The fourth-order valence-electron chi connectivity index (χ4n) is 3.99. The number of benzene rings is 2. The molecule has 0 aliphatic heterocycles. The van der Waals surface area contributed by atoms with Crippen LogP contribution in [-0.2, 0) is 24.9 Å². The minimum atomic E-state index is -0.715. The van der Waals surface area contributed by atoms with E-state index >= 15 is 0 Å². The second kappa shape index (κ2) is 11.7. The van der Waals surface area contributed by atoms with Gasteiger partial charge >= 0.3 is 0 Å². The summed E-state index contributed by atoms with van der Waals surface area (Å²) in [7, 11) is 1.82. The van der Waals surface area contributed by atoms with Crippen LogP contribution in [0.3, 0.4) is 0 Å². The molecule has 2 aromatic carbocycles. The molecule has 0 bridgehead atoms. The predicted octanol–water partition coefficient (Wildman–Crippen LogP) is 5.79. The lowest BCUT2D eigenvalue weighted by Crippen LogP contribution is -2.36. The van der Waals surface area contributed by atoms with Crippen LogP contribution in [0.25, 0.3) is 11.3 Å². The van der Waals surface area contributed by atoms with Gasteiger partial charge in [0.15, 0.2) is 0 Å². The van der Waals surface area contributed by atoms with Gasteiger partial charge in [-0.25, -0.2) is 9.07 Å². The van der Waals surface area contributed by atoms with E-state index in [9.17, 15) is 9.50 Å². The first-order valence-corrected chi connectivity index (χ1v) is 12.3. The first-order chi connectivity index (χ1) is 17.7. The quantitative estimate of drug-likeness (QED) is 0.277. The predicted molar refractivity (Wildman–Crippen MR) is 140 cm³/mol. The molecule has 7 nitrogen and oxygen atoms in total. The van der Waals surface area contributed by atoms with E-state index < -0.39 is 6.10 Å². The molecule has 1 atom stereocenters. The third kappa shape index (κ3) is 7.52. The van der Waals surface area contributed by atoms with Gasteiger partial charge in [0.05, 0.1) is 36.7 Å². The van der Waals surface area contributed by atoms with Gasteiger partial charge in [0.1, 0.15) is 23.0 Å². The maximum atomic E-state index is 13.5. The highest BCUT2D eigenvalue weighted by Crippen LogP contribution is 2.34. The molecule has 4 aromatic rings. The summed E-state index contributed by atoms with van der Waals surface area (Å²) in [5, 5.41) is 15.6. The smallest absolute Gasteiger partial charge is 0.222 e. The van der Waals surface area contributed by atoms with Crippen LogP contribution in [0, 0.1) is 5.82 Å². The second-order valence-electron chi connectivity index (χ2n) is 10.0. The summed E-state index contributed by atoms with van der Waals surface area (Å²) in [6.07, 6.45) is 0.919. The standard InChI is InChI=1S/C29H34FN3O4/c1-29(2,3)36-20-23(34)17-33(18-25-11-8-16-35-25)19-26-27(21-9-6-5-7-10-21)31-32(4)28(26)37-24-14-12-22(30)13-15-24/h5-16,23,34H,17-20H2,1-4H3/t23-/m1/s1. The monoisotopic (exact) mass is 507 g/mol. The Morgan fingerprint density at radius 1 is 1.03 bits per heavy atom. The third-order valence-electron chi connectivity index (χ3n) is 5.68. The van der Waals surface area contributed by atoms with Crippen molar-refractivity contribution in [3.8, 4) is 22.9 Å². The van der Waals surface area contributed by atoms with E-state index in [1.165, 1.54) is 12.1 Å². The van der Waals surface area contributed by atoms with Gasteiger partial charge in [-0.1, -0.05) is 30.3 Å². The van der Waals surface area contributed by atoms with Gasteiger partial charge in [0.25, 0.3) is 0 Å². The number of hydrogen-bond donors (Lipinski definition) is 1. The summed E-state index contributed by atoms with van der Waals surface area (Å²) in [5.41, 5.74) is 2.20. The molecule has 37 heavy (non-hydrogen) atoms. The SMILES string of the molecule is Cn1nc(-c2ccccc2)c(CN(Cc2ccco2)C[C@@H](O)COC(C)(C)C)c1Oc1ccc(F)cc1. The molecule has 0 spiro atoms. The Bertz CT molecular complexity index is 1250. The van der Waals surface area contributed by atoms with Crippen molar-refractivity contribution in [3.63, 3.8) is 0 Å². The largest absolute Gasteiger partial charge is 0.468 e. The number of aliphatic hydroxyl groups is 1. The normalized spacial score (nSPS) is 12.7.